The van der Waals surface area contributed by atoms with E-state index < -0.39 is 0 Å². The highest BCUT2D eigenvalue weighted by Crippen LogP contribution is 2.11. The standard InChI is InChI=1S/C12H20NO3/c1-10(2)11(14)5-4-6-13(3)7-8-16-12(15)9-13/h1,4-9H2,2-3H3/q+1. The summed E-state index contributed by atoms with van der Waals surface area (Å²) in [6.07, 6.45) is 1.33. The van der Waals surface area contributed by atoms with Gasteiger partial charge in [0, 0.05) is 12.8 Å². The zero-order valence-corrected chi connectivity index (χ0v) is 10.1. The zero-order chi connectivity index (χ0) is 12.2. The molecule has 1 rings (SSSR count). The van der Waals surface area contributed by atoms with Crippen LogP contribution in [0.2, 0.25) is 0 Å². The molecule has 4 nitrogen and oxygen atoms in total. The lowest BCUT2D eigenvalue weighted by molar-refractivity contribution is -0.907. The first kappa shape index (κ1) is 12.9. The SMILES string of the molecule is C=C(C)C(=O)CCC[N+]1(C)CCOC(=O)C1. The number of hydrogen-bond acceptors (Lipinski definition) is 3. The lowest BCUT2D eigenvalue weighted by Gasteiger charge is -2.36. The van der Waals surface area contributed by atoms with Crippen LogP contribution >= 0.6 is 0 Å². The summed E-state index contributed by atoms with van der Waals surface area (Å²) in [7, 11) is 2.03. The van der Waals surface area contributed by atoms with Crippen LogP contribution in [0.1, 0.15) is 19.8 Å². The summed E-state index contributed by atoms with van der Waals surface area (Å²) >= 11 is 0. The Labute approximate surface area is 96.5 Å². The van der Waals surface area contributed by atoms with Gasteiger partial charge in [0.25, 0.3) is 0 Å². The maximum absolute atomic E-state index is 11.4. The van der Waals surface area contributed by atoms with Crippen molar-refractivity contribution in [2.45, 2.75) is 19.8 Å². The summed E-state index contributed by atoms with van der Waals surface area (Å²) in [6, 6.07) is 0. The quantitative estimate of drug-likeness (QED) is 0.398. The second kappa shape index (κ2) is 5.25. The van der Waals surface area contributed by atoms with Crippen molar-refractivity contribution < 1.29 is 18.8 Å². The number of nitrogens with zero attached hydrogens (tertiary/aromatic N) is 1. The lowest BCUT2D eigenvalue weighted by Crippen LogP contribution is -2.54. The summed E-state index contributed by atoms with van der Waals surface area (Å²) in [5.41, 5.74) is 0.612. The molecule has 0 aromatic carbocycles. The van der Waals surface area contributed by atoms with Crippen LogP contribution in [-0.2, 0) is 14.3 Å². The smallest absolute Gasteiger partial charge is 0.361 e. The Hall–Kier alpha value is -1.16. The number of allylic oxidation sites excluding steroid dienone is 1. The Kier molecular flexibility index (Phi) is 4.24. The van der Waals surface area contributed by atoms with Crippen molar-refractivity contribution in [2.75, 3.05) is 33.3 Å². The molecule has 4 heteroatoms. The molecule has 1 fully saturated rings. The van der Waals surface area contributed by atoms with Gasteiger partial charge < -0.3 is 9.22 Å². The van der Waals surface area contributed by atoms with E-state index in [2.05, 4.69) is 6.58 Å². The van der Waals surface area contributed by atoms with Crippen molar-refractivity contribution in [1.29, 1.82) is 0 Å². The maximum atomic E-state index is 11.4. The average Bonchev–Trinajstić information content (AvgIpc) is 2.16. The Morgan fingerprint density at radius 1 is 1.56 bits per heavy atom. The van der Waals surface area contributed by atoms with E-state index in [1.54, 1.807) is 6.92 Å². The van der Waals surface area contributed by atoms with Crippen molar-refractivity contribution >= 4 is 11.8 Å². The monoisotopic (exact) mass is 226 g/mol. The van der Waals surface area contributed by atoms with Crippen LogP contribution in [0.3, 0.4) is 0 Å². The van der Waals surface area contributed by atoms with Gasteiger partial charge in [-0.1, -0.05) is 6.58 Å². The van der Waals surface area contributed by atoms with E-state index in [-0.39, 0.29) is 11.8 Å². The van der Waals surface area contributed by atoms with Gasteiger partial charge in [0.1, 0.15) is 13.2 Å². The Balaban J connectivity index is 2.33. The summed E-state index contributed by atoms with van der Waals surface area (Å²) in [4.78, 5) is 22.5. The van der Waals surface area contributed by atoms with Crippen LogP contribution in [0.15, 0.2) is 12.2 Å². The molecule has 0 saturated carbocycles. The molecule has 1 atom stereocenters. The number of Topliss-reactive ketones (excluding diaryl/α,β-unsaturated/α-hetero) is 1. The Bertz CT molecular complexity index is 311. The number of rotatable bonds is 5. The van der Waals surface area contributed by atoms with Gasteiger partial charge in [0.15, 0.2) is 12.3 Å². The minimum atomic E-state index is -0.139. The fourth-order valence-electron chi connectivity index (χ4n) is 1.84. The van der Waals surface area contributed by atoms with Crippen LogP contribution in [0.5, 0.6) is 0 Å². The molecule has 1 saturated heterocycles. The molecular weight excluding hydrogens is 206 g/mol. The maximum Gasteiger partial charge on any atom is 0.361 e. The summed E-state index contributed by atoms with van der Waals surface area (Å²) in [5, 5.41) is 0. The van der Waals surface area contributed by atoms with E-state index in [9.17, 15) is 9.59 Å². The van der Waals surface area contributed by atoms with Gasteiger partial charge in [-0.25, -0.2) is 4.79 Å². The van der Waals surface area contributed by atoms with Crippen molar-refractivity contribution in [3.05, 3.63) is 12.2 Å². The predicted molar refractivity (Wildman–Crippen MR) is 60.8 cm³/mol. The molecule has 0 N–H and O–H groups in total. The lowest BCUT2D eigenvalue weighted by atomic mass is 10.1. The summed E-state index contributed by atoms with van der Waals surface area (Å²) in [5.74, 6) is -0.0221. The highest BCUT2D eigenvalue weighted by Gasteiger charge is 2.30. The first-order chi connectivity index (χ1) is 7.43. The molecule has 0 spiro atoms. The van der Waals surface area contributed by atoms with Crippen LogP contribution < -0.4 is 0 Å². The number of likely N-dealkylation sites (N-methyl/N-ethyl adjacent to an activating group) is 1. The van der Waals surface area contributed by atoms with Crippen LogP contribution in [0.4, 0.5) is 0 Å². The first-order valence-electron chi connectivity index (χ1n) is 5.61. The molecule has 0 amide bonds. The third kappa shape index (κ3) is 3.77. The number of esters is 1. The van der Waals surface area contributed by atoms with E-state index >= 15 is 0 Å². The number of carbonyl (C=O) groups is 2. The number of quaternary nitrogens is 1. The highest BCUT2D eigenvalue weighted by atomic mass is 16.5. The molecule has 0 aromatic rings. The largest absolute Gasteiger partial charge is 0.456 e. The number of ether oxygens (including phenoxy) is 1. The summed E-state index contributed by atoms with van der Waals surface area (Å²) < 4.78 is 5.59. The summed E-state index contributed by atoms with van der Waals surface area (Å²) in [6.45, 7) is 7.94. The van der Waals surface area contributed by atoms with Crippen LogP contribution in [0.25, 0.3) is 0 Å². The minimum Gasteiger partial charge on any atom is -0.456 e. The molecule has 90 valence electrons. The van der Waals surface area contributed by atoms with E-state index in [1.165, 1.54) is 0 Å². The van der Waals surface area contributed by atoms with Gasteiger partial charge in [0.2, 0.25) is 0 Å². The highest BCUT2D eigenvalue weighted by molar-refractivity contribution is 5.93. The van der Waals surface area contributed by atoms with Gasteiger partial charge in [0.05, 0.1) is 13.6 Å². The van der Waals surface area contributed by atoms with Gasteiger partial charge in [-0.15, -0.1) is 0 Å². The molecule has 1 aliphatic rings. The van der Waals surface area contributed by atoms with E-state index in [0.29, 0.717) is 29.6 Å². The van der Waals surface area contributed by atoms with Gasteiger partial charge in [-0.2, -0.15) is 0 Å². The van der Waals surface area contributed by atoms with Crippen molar-refractivity contribution in [1.82, 2.24) is 0 Å². The van der Waals surface area contributed by atoms with Gasteiger partial charge in [-0.05, 0) is 12.5 Å². The van der Waals surface area contributed by atoms with Crippen LogP contribution in [-0.4, -0.2) is 49.5 Å². The topological polar surface area (TPSA) is 43.4 Å². The molecule has 0 aromatic heterocycles. The molecule has 0 radical (unpaired) electrons. The van der Waals surface area contributed by atoms with E-state index in [1.807, 2.05) is 7.05 Å². The minimum absolute atomic E-state index is 0.117. The molecule has 16 heavy (non-hydrogen) atoms. The molecule has 1 heterocycles. The molecule has 1 aliphatic heterocycles. The predicted octanol–water partition coefficient (Wildman–Crippen LogP) is 0.915. The van der Waals surface area contributed by atoms with E-state index in [0.717, 1.165) is 19.5 Å². The molecule has 1 unspecified atom stereocenters. The van der Waals surface area contributed by atoms with Crippen molar-refractivity contribution in [2.24, 2.45) is 0 Å². The fourth-order valence-corrected chi connectivity index (χ4v) is 1.84. The molecule has 0 bridgehead atoms. The normalized spacial score (nSPS) is 25.0. The van der Waals surface area contributed by atoms with Crippen LogP contribution in [0, 0.1) is 0 Å². The average molecular weight is 226 g/mol. The fraction of sp³-hybridized carbons (Fsp3) is 0.667. The Morgan fingerprint density at radius 2 is 2.25 bits per heavy atom. The number of hydrogen-bond donors (Lipinski definition) is 0. The third-order valence-electron chi connectivity index (χ3n) is 2.98. The Morgan fingerprint density at radius 3 is 2.81 bits per heavy atom. The van der Waals surface area contributed by atoms with Crippen molar-refractivity contribution in [3.8, 4) is 0 Å². The molecular formula is C12H20NO3+. The van der Waals surface area contributed by atoms with Crippen molar-refractivity contribution in [3.63, 3.8) is 0 Å². The van der Waals surface area contributed by atoms with Gasteiger partial charge >= 0.3 is 5.97 Å². The second-order valence-corrected chi connectivity index (χ2v) is 4.75. The first-order valence-corrected chi connectivity index (χ1v) is 5.61. The van der Waals surface area contributed by atoms with E-state index in [4.69, 9.17) is 4.74 Å². The second-order valence-electron chi connectivity index (χ2n) is 4.75. The number of morpholine rings is 1. The number of ketones is 1. The molecule has 0 aliphatic carbocycles. The van der Waals surface area contributed by atoms with Gasteiger partial charge in [-0.3, -0.25) is 4.79 Å². The zero-order valence-electron chi connectivity index (χ0n) is 10.1. The third-order valence-corrected chi connectivity index (χ3v) is 2.98. The number of cyclic esters (lactones) is 1. The number of carbonyl (C=O) groups excluding carboxylic acids is 2.